The van der Waals surface area contributed by atoms with Gasteiger partial charge in [-0.2, -0.15) is 0 Å². The van der Waals surface area contributed by atoms with Gasteiger partial charge in [0.15, 0.2) is 0 Å². The molecule has 20 heavy (non-hydrogen) atoms. The standard InChI is InChI=1S/C15H27N3O2/c1-10(2)16-12-6-7-14(13(9-12)17-11(3)19)18-8-4-5-15(18)20/h10,12-14,16H,4-9H2,1-3H3,(H,17,19)/t12-,13-,14+/m1/s1. The van der Waals surface area contributed by atoms with Gasteiger partial charge in [-0.1, -0.05) is 13.8 Å². The van der Waals surface area contributed by atoms with Crippen molar-refractivity contribution in [1.82, 2.24) is 15.5 Å². The van der Waals surface area contributed by atoms with Crippen molar-refractivity contribution in [3.63, 3.8) is 0 Å². The fourth-order valence-electron chi connectivity index (χ4n) is 3.59. The summed E-state index contributed by atoms with van der Waals surface area (Å²) < 4.78 is 0. The fourth-order valence-corrected chi connectivity index (χ4v) is 3.59. The maximum Gasteiger partial charge on any atom is 0.222 e. The number of carbonyl (C=O) groups excluding carboxylic acids is 2. The zero-order chi connectivity index (χ0) is 14.7. The smallest absolute Gasteiger partial charge is 0.222 e. The normalized spacial score (nSPS) is 30.9. The van der Waals surface area contributed by atoms with Gasteiger partial charge in [-0.25, -0.2) is 0 Å². The van der Waals surface area contributed by atoms with Crippen molar-refractivity contribution in [3.8, 4) is 0 Å². The second-order valence-corrected chi connectivity index (χ2v) is 6.40. The Hall–Kier alpha value is -1.10. The van der Waals surface area contributed by atoms with Crippen molar-refractivity contribution in [2.24, 2.45) is 0 Å². The molecule has 2 fully saturated rings. The summed E-state index contributed by atoms with van der Waals surface area (Å²) in [5, 5.41) is 6.61. The van der Waals surface area contributed by atoms with Gasteiger partial charge in [0.1, 0.15) is 0 Å². The lowest BCUT2D eigenvalue weighted by atomic mass is 9.85. The highest BCUT2D eigenvalue weighted by atomic mass is 16.2. The number of nitrogens with one attached hydrogen (secondary N) is 2. The van der Waals surface area contributed by atoms with Gasteiger partial charge in [0, 0.05) is 32.0 Å². The molecule has 1 aliphatic heterocycles. The van der Waals surface area contributed by atoms with Gasteiger partial charge >= 0.3 is 0 Å². The number of hydrogen-bond acceptors (Lipinski definition) is 3. The summed E-state index contributed by atoms with van der Waals surface area (Å²) in [6, 6.07) is 1.14. The molecular weight excluding hydrogens is 254 g/mol. The van der Waals surface area contributed by atoms with E-state index < -0.39 is 0 Å². The van der Waals surface area contributed by atoms with E-state index in [9.17, 15) is 9.59 Å². The third-order valence-corrected chi connectivity index (χ3v) is 4.28. The SMILES string of the molecule is CC(=O)N[C@@H]1C[C@H](NC(C)C)CC[C@@H]1N1CCCC1=O. The molecule has 1 heterocycles. The van der Waals surface area contributed by atoms with Crippen molar-refractivity contribution in [2.45, 2.75) is 77.0 Å². The molecule has 114 valence electrons. The number of carbonyl (C=O) groups is 2. The molecular formula is C15H27N3O2. The quantitative estimate of drug-likeness (QED) is 0.809. The highest BCUT2D eigenvalue weighted by Gasteiger charge is 2.38. The summed E-state index contributed by atoms with van der Waals surface area (Å²) in [6.45, 7) is 6.69. The first-order valence-electron chi connectivity index (χ1n) is 7.80. The summed E-state index contributed by atoms with van der Waals surface area (Å²) in [7, 11) is 0. The van der Waals surface area contributed by atoms with E-state index in [0.717, 1.165) is 32.2 Å². The second kappa shape index (κ2) is 6.57. The minimum Gasteiger partial charge on any atom is -0.351 e. The Morgan fingerprint density at radius 1 is 1.35 bits per heavy atom. The van der Waals surface area contributed by atoms with Gasteiger partial charge in [-0.15, -0.1) is 0 Å². The van der Waals surface area contributed by atoms with E-state index in [1.807, 2.05) is 4.90 Å². The molecule has 0 bridgehead atoms. The van der Waals surface area contributed by atoms with E-state index >= 15 is 0 Å². The van der Waals surface area contributed by atoms with Crippen LogP contribution in [0.25, 0.3) is 0 Å². The Kier molecular flexibility index (Phi) is 5.02. The van der Waals surface area contributed by atoms with E-state index in [0.29, 0.717) is 18.5 Å². The molecule has 3 atom stereocenters. The second-order valence-electron chi connectivity index (χ2n) is 6.40. The first-order chi connectivity index (χ1) is 9.47. The third-order valence-electron chi connectivity index (χ3n) is 4.28. The zero-order valence-electron chi connectivity index (χ0n) is 12.8. The van der Waals surface area contributed by atoms with Gasteiger partial charge in [-0.05, 0) is 25.7 Å². The average molecular weight is 281 g/mol. The number of nitrogens with zero attached hydrogens (tertiary/aromatic N) is 1. The van der Waals surface area contributed by atoms with E-state index in [4.69, 9.17) is 0 Å². The predicted molar refractivity (Wildman–Crippen MR) is 78.3 cm³/mol. The zero-order valence-corrected chi connectivity index (χ0v) is 12.8. The molecule has 1 saturated heterocycles. The third kappa shape index (κ3) is 3.72. The van der Waals surface area contributed by atoms with E-state index in [1.54, 1.807) is 6.92 Å². The molecule has 1 aliphatic carbocycles. The molecule has 0 spiro atoms. The van der Waals surface area contributed by atoms with Crippen molar-refractivity contribution < 1.29 is 9.59 Å². The van der Waals surface area contributed by atoms with Gasteiger partial charge in [0.25, 0.3) is 0 Å². The Balaban J connectivity index is 2.03. The average Bonchev–Trinajstić information content (AvgIpc) is 2.74. The minimum atomic E-state index is -0.00292. The van der Waals surface area contributed by atoms with Gasteiger partial charge in [-0.3, -0.25) is 9.59 Å². The van der Waals surface area contributed by atoms with Crippen LogP contribution in [0.1, 0.15) is 52.9 Å². The molecule has 2 rings (SSSR count). The number of rotatable bonds is 4. The summed E-state index contributed by atoms with van der Waals surface area (Å²) in [6.07, 6.45) is 4.57. The summed E-state index contributed by atoms with van der Waals surface area (Å²) in [4.78, 5) is 25.4. The molecule has 0 aromatic heterocycles. The number of amides is 2. The molecule has 1 saturated carbocycles. The Bertz CT molecular complexity index is 370. The molecule has 0 aromatic carbocycles. The van der Waals surface area contributed by atoms with Crippen LogP contribution in [-0.4, -0.2) is 47.4 Å². The number of likely N-dealkylation sites (tertiary alicyclic amines) is 1. The Morgan fingerprint density at radius 3 is 2.65 bits per heavy atom. The monoisotopic (exact) mass is 281 g/mol. The summed E-state index contributed by atoms with van der Waals surface area (Å²) >= 11 is 0. The molecule has 5 nitrogen and oxygen atoms in total. The lowest BCUT2D eigenvalue weighted by Gasteiger charge is -2.41. The predicted octanol–water partition coefficient (Wildman–Crippen LogP) is 1.03. The van der Waals surface area contributed by atoms with Crippen LogP contribution in [0.15, 0.2) is 0 Å². The topological polar surface area (TPSA) is 61.4 Å². The van der Waals surface area contributed by atoms with Crippen molar-refractivity contribution in [2.75, 3.05) is 6.54 Å². The van der Waals surface area contributed by atoms with Crippen LogP contribution in [-0.2, 0) is 9.59 Å². The van der Waals surface area contributed by atoms with Crippen LogP contribution in [0.3, 0.4) is 0 Å². The lowest BCUT2D eigenvalue weighted by molar-refractivity contribution is -0.132. The minimum absolute atomic E-state index is 0.00292. The van der Waals surface area contributed by atoms with Crippen LogP contribution in [0.2, 0.25) is 0 Å². The van der Waals surface area contributed by atoms with Crippen LogP contribution in [0, 0.1) is 0 Å². The number of hydrogen-bond donors (Lipinski definition) is 2. The van der Waals surface area contributed by atoms with Crippen LogP contribution >= 0.6 is 0 Å². The highest BCUT2D eigenvalue weighted by Crippen LogP contribution is 2.27. The van der Waals surface area contributed by atoms with Crippen molar-refractivity contribution >= 4 is 11.8 Å². The Labute approximate surface area is 121 Å². The highest BCUT2D eigenvalue weighted by molar-refractivity contribution is 5.79. The van der Waals surface area contributed by atoms with Crippen LogP contribution in [0.4, 0.5) is 0 Å². The molecule has 0 aromatic rings. The molecule has 2 amide bonds. The van der Waals surface area contributed by atoms with Crippen molar-refractivity contribution in [3.05, 3.63) is 0 Å². The molecule has 5 heteroatoms. The first-order valence-corrected chi connectivity index (χ1v) is 7.80. The molecule has 0 unspecified atom stereocenters. The molecule has 2 N–H and O–H groups in total. The molecule has 2 aliphatic rings. The van der Waals surface area contributed by atoms with Gasteiger partial charge < -0.3 is 15.5 Å². The lowest BCUT2D eigenvalue weighted by Crippen LogP contribution is -2.57. The first kappa shape index (κ1) is 15.3. The maximum absolute atomic E-state index is 12.0. The van der Waals surface area contributed by atoms with Gasteiger partial charge in [0.2, 0.25) is 11.8 Å². The maximum atomic E-state index is 12.0. The fraction of sp³-hybridized carbons (Fsp3) is 0.867. The molecule has 0 radical (unpaired) electrons. The van der Waals surface area contributed by atoms with Crippen LogP contribution < -0.4 is 10.6 Å². The summed E-state index contributed by atoms with van der Waals surface area (Å²) in [5.41, 5.74) is 0. The van der Waals surface area contributed by atoms with E-state index in [1.165, 1.54) is 0 Å². The van der Waals surface area contributed by atoms with E-state index in [-0.39, 0.29) is 23.9 Å². The van der Waals surface area contributed by atoms with E-state index in [2.05, 4.69) is 24.5 Å². The largest absolute Gasteiger partial charge is 0.351 e. The Morgan fingerprint density at radius 2 is 2.10 bits per heavy atom. The van der Waals surface area contributed by atoms with Crippen molar-refractivity contribution in [1.29, 1.82) is 0 Å². The van der Waals surface area contributed by atoms with Crippen LogP contribution in [0.5, 0.6) is 0 Å². The van der Waals surface area contributed by atoms with Gasteiger partial charge in [0.05, 0.1) is 12.1 Å². The summed E-state index contributed by atoms with van der Waals surface area (Å²) in [5.74, 6) is 0.248.